The molecule has 0 unspecified atom stereocenters. The zero-order valence-corrected chi connectivity index (χ0v) is 10.4. The third-order valence-corrected chi connectivity index (χ3v) is 3.71. The lowest BCUT2D eigenvalue weighted by Gasteiger charge is -2.09. The predicted molar refractivity (Wildman–Crippen MR) is 68.4 cm³/mol. The maximum absolute atomic E-state index is 3.55. The summed E-state index contributed by atoms with van der Waals surface area (Å²) in [6.45, 7) is 5.46. The molecule has 2 rings (SSSR count). The molecule has 16 heavy (non-hydrogen) atoms. The molecule has 0 spiro atoms. The minimum atomic E-state index is 1.01. The summed E-state index contributed by atoms with van der Waals surface area (Å²) >= 11 is 0. The number of hydrogen-bond acceptors (Lipinski definition) is 1. The number of hydrogen-bond donors (Lipinski definition) is 1. The van der Waals surface area contributed by atoms with Crippen LogP contribution in [0.3, 0.4) is 0 Å². The van der Waals surface area contributed by atoms with E-state index in [0.29, 0.717) is 0 Å². The van der Waals surface area contributed by atoms with Gasteiger partial charge >= 0.3 is 0 Å². The van der Waals surface area contributed by atoms with Crippen LogP contribution in [0.1, 0.15) is 44.6 Å². The highest BCUT2D eigenvalue weighted by atomic mass is 14.9. The lowest BCUT2D eigenvalue weighted by atomic mass is 10.0. The summed E-state index contributed by atoms with van der Waals surface area (Å²) in [6.07, 6.45) is 11.6. The number of aryl methyl sites for hydroxylation is 1. The Kier molecular flexibility index (Phi) is 4.46. The lowest BCUT2D eigenvalue weighted by molar-refractivity contribution is 0.477. The molecule has 1 aliphatic rings. The average molecular weight is 220 g/mol. The Morgan fingerprint density at radius 1 is 1.38 bits per heavy atom. The van der Waals surface area contributed by atoms with Gasteiger partial charge in [0, 0.05) is 25.5 Å². The van der Waals surface area contributed by atoms with Crippen LogP contribution in [0.4, 0.5) is 0 Å². The van der Waals surface area contributed by atoms with E-state index in [0.717, 1.165) is 19.0 Å². The molecule has 1 N–H and O–H groups in total. The van der Waals surface area contributed by atoms with E-state index in [9.17, 15) is 0 Å². The van der Waals surface area contributed by atoms with Gasteiger partial charge < -0.3 is 9.88 Å². The first-order chi connectivity index (χ1) is 7.88. The molecule has 0 amide bonds. The van der Waals surface area contributed by atoms with Gasteiger partial charge in [-0.2, -0.15) is 0 Å². The summed E-state index contributed by atoms with van der Waals surface area (Å²) in [5.41, 5.74) is 1.41. The SMILES string of the molecule is CCn1ccc(CNCCC2CCCC2)c1. The van der Waals surface area contributed by atoms with Gasteiger partial charge in [0.25, 0.3) is 0 Å². The first-order valence-electron chi connectivity index (χ1n) is 6.74. The number of rotatable bonds is 6. The largest absolute Gasteiger partial charge is 0.354 e. The quantitative estimate of drug-likeness (QED) is 0.729. The standard InChI is InChI=1S/C14H24N2/c1-2-16-10-8-14(12-16)11-15-9-7-13-5-3-4-6-13/h8,10,12-13,15H,2-7,9,11H2,1H3. The molecule has 0 radical (unpaired) electrons. The van der Waals surface area contributed by atoms with E-state index in [1.807, 2.05) is 0 Å². The molecule has 0 saturated heterocycles. The molecule has 90 valence electrons. The van der Waals surface area contributed by atoms with Crippen molar-refractivity contribution in [3.63, 3.8) is 0 Å². The monoisotopic (exact) mass is 220 g/mol. The molecule has 2 nitrogen and oxygen atoms in total. The fraction of sp³-hybridized carbons (Fsp3) is 0.714. The van der Waals surface area contributed by atoms with E-state index in [1.165, 1.54) is 44.2 Å². The number of aromatic nitrogens is 1. The summed E-state index contributed by atoms with van der Waals surface area (Å²) in [5.74, 6) is 1.01. The van der Waals surface area contributed by atoms with Gasteiger partial charge in [0.15, 0.2) is 0 Å². The Balaban J connectivity index is 1.60. The molecule has 1 saturated carbocycles. The van der Waals surface area contributed by atoms with Gasteiger partial charge in [0.1, 0.15) is 0 Å². The Labute approximate surface area is 99.0 Å². The van der Waals surface area contributed by atoms with Crippen molar-refractivity contribution >= 4 is 0 Å². The minimum absolute atomic E-state index is 1.01. The second kappa shape index (κ2) is 6.09. The van der Waals surface area contributed by atoms with Crippen molar-refractivity contribution in [3.8, 4) is 0 Å². The summed E-state index contributed by atoms with van der Waals surface area (Å²) < 4.78 is 2.23. The summed E-state index contributed by atoms with van der Waals surface area (Å²) in [6, 6.07) is 2.21. The third kappa shape index (κ3) is 3.38. The summed E-state index contributed by atoms with van der Waals surface area (Å²) in [5, 5.41) is 3.55. The molecule has 0 aliphatic heterocycles. The Morgan fingerprint density at radius 3 is 2.88 bits per heavy atom. The van der Waals surface area contributed by atoms with Crippen molar-refractivity contribution in [2.45, 2.75) is 52.1 Å². The number of nitrogens with one attached hydrogen (secondary N) is 1. The molecule has 0 bridgehead atoms. The van der Waals surface area contributed by atoms with Crippen molar-refractivity contribution < 1.29 is 0 Å². The van der Waals surface area contributed by atoms with Gasteiger partial charge in [0.05, 0.1) is 0 Å². The van der Waals surface area contributed by atoms with E-state index in [4.69, 9.17) is 0 Å². The zero-order chi connectivity index (χ0) is 11.2. The van der Waals surface area contributed by atoms with Crippen LogP contribution >= 0.6 is 0 Å². The van der Waals surface area contributed by atoms with Crippen LogP contribution in [0.25, 0.3) is 0 Å². The van der Waals surface area contributed by atoms with Gasteiger partial charge in [-0.05, 0) is 37.4 Å². The van der Waals surface area contributed by atoms with Crippen LogP contribution < -0.4 is 5.32 Å². The summed E-state index contributed by atoms with van der Waals surface area (Å²) in [7, 11) is 0. The molecule has 0 aromatic carbocycles. The third-order valence-electron chi connectivity index (χ3n) is 3.71. The van der Waals surface area contributed by atoms with Gasteiger partial charge in [-0.3, -0.25) is 0 Å². The van der Waals surface area contributed by atoms with Crippen molar-refractivity contribution in [1.29, 1.82) is 0 Å². The maximum atomic E-state index is 3.55. The normalized spacial score (nSPS) is 17.1. The number of nitrogens with zero attached hydrogens (tertiary/aromatic N) is 1. The van der Waals surface area contributed by atoms with Crippen LogP contribution in [0.5, 0.6) is 0 Å². The first-order valence-corrected chi connectivity index (χ1v) is 6.74. The van der Waals surface area contributed by atoms with E-state index < -0.39 is 0 Å². The van der Waals surface area contributed by atoms with Gasteiger partial charge in [-0.15, -0.1) is 0 Å². The van der Waals surface area contributed by atoms with Crippen LogP contribution in [-0.2, 0) is 13.1 Å². The smallest absolute Gasteiger partial charge is 0.0220 e. The fourth-order valence-corrected chi connectivity index (χ4v) is 2.63. The highest BCUT2D eigenvalue weighted by molar-refractivity contribution is 5.09. The molecule has 1 aromatic heterocycles. The summed E-state index contributed by atoms with van der Waals surface area (Å²) in [4.78, 5) is 0. The molecule has 1 heterocycles. The topological polar surface area (TPSA) is 17.0 Å². The lowest BCUT2D eigenvalue weighted by Crippen LogP contribution is -2.16. The van der Waals surface area contributed by atoms with Crippen molar-refractivity contribution in [2.24, 2.45) is 5.92 Å². The highest BCUT2D eigenvalue weighted by Crippen LogP contribution is 2.26. The van der Waals surface area contributed by atoms with Crippen LogP contribution in [0, 0.1) is 5.92 Å². The van der Waals surface area contributed by atoms with Crippen LogP contribution in [-0.4, -0.2) is 11.1 Å². The van der Waals surface area contributed by atoms with E-state index >= 15 is 0 Å². The average Bonchev–Trinajstić information content (AvgIpc) is 2.95. The minimum Gasteiger partial charge on any atom is -0.354 e. The fourth-order valence-electron chi connectivity index (χ4n) is 2.63. The zero-order valence-electron chi connectivity index (χ0n) is 10.4. The molecule has 2 heteroatoms. The second-order valence-corrected chi connectivity index (χ2v) is 4.97. The Morgan fingerprint density at radius 2 is 2.19 bits per heavy atom. The molecular formula is C14H24N2. The molecule has 1 fully saturated rings. The highest BCUT2D eigenvalue weighted by Gasteiger charge is 2.13. The molecule has 1 aromatic rings. The molecular weight excluding hydrogens is 196 g/mol. The van der Waals surface area contributed by atoms with Crippen LogP contribution in [0.15, 0.2) is 18.5 Å². The molecule has 1 aliphatic carbocycles. The maximum Gasteiger partial charge on any atom is 0.0220 e. The van der Waals surface area contributed by atoms with Gasteiger partial charge in [-0.1, -0.05) is 25.7 Å². The Hall–Kier alpha value is -0.760. The van der Waals surface area contributed by atoms with Gasteiger partial charge in [0.2, 0.25) is 0 Å². The van der Waals surface area contributed by atoms with E-state index in [2.05, 4.69) is 35.3 Å². The van der Waals surface area contributed by atoms with Crippen molar-refractivity contribution in [2.75, 3.05) is 6.54 Å². The van der Waals surface area contributed by atoms with E-state index in [1.54, 1.807) is 0 Å². The van der Waals surface area contributed by atoms with Crippen molar-refractivity contribution in [3.05, 3.63) is 24.0 Å². The predicted octanol–water partition coefficient (Wildman–Crippen LogP) is 3.18. The van der Waals surface area contributed by atoms with Gasteiger partial charge in [-0.25, -0.2) is 0 Å². The van der Waals surface area contributed by atoms with E-state index in [-0.39, 0.29) is 0 Å². The molecule has 0 atom stereocenters. The van der Waals surface area contributed by atoms with Crippen molar-refractivity contribution in [1.82, 2.24) is 9.88 Å². The van der Waals surface area contributed by atoms with Crippen LogP contribution in [0.2, 0.25) is 0 Å². The first kappa shape index (κ1) is 11.7. The second-order valence-electron chi connectivity index (χ2n) is 4.97. The Bertz CT molecular complexity index is 297.